The van der Waals surface area contributed by atoms with Gasteiger partial charge in [0, 0.05) is 16.6 Å². The van der Waals surface area contributed by atoms with Crippen molar-refractivity contribution < 1.29 is 4.39 Å². The van der Waals surface area contributed by atoms with Crippen molar-refractivity contribution in [1.29, 1.82) is 0 Å². The molecule has 0 heterocycles. The van der Waals surface area contributed by atoms with Crippen molar-refractivity contribution in [3.63, 3.8) is 0 Å². The fourth-order valence-corrected chi connectivity index (χ4v) is 1.38. The minimum absolute atomic E-state index is 0.141. The topological polar surface area (TPSA) is 12.0 Å². The normalized spacial score (nSPS) is 10.3. The molecule has 0 fully saturated rings. The van der Waals surface area contributed by atoms with Gasteiger partial charge in [-0.25, -0.2) is 4.39 Å². The lowest BCUT2D eigenvalue weighted by atomic mass is 10.2. The third-order valence-electron chi connectivity index (χ3n) is 1.48. The van der Waals surface area contributed by atoms with Gasteiger partial charge in [0.05, 0.1) is 5.02 Å². The van der Waals surface area contributed by atoms with Crippen LogP contribution in [0.15, 0.2) is 16.6 Å². The van der Waals surface area contributed by atoms with E-state index in [1.165, 1.54) is 0 Å². The highest BCUT2D eigenvalue weighted by atomic mass is 79.9. The molecular weight excluding hydrogens is 244 g/mol. The Hall–Kier alpha value is -0.120. The van der Waals surface area contributed by atoms with Crippen molar-refractivity contribution >= 4 is 27.5 Å². The van der Waals surface area contributed by atoms with Gasteiger partial charge in [-0.15, -0.1) is 0 Å². The van der Waals surface area contributed by atoms with Gasteiger partial charge in [0.1, 0.15) is 5.82 Å². The van der Waals surface area contributed by atoms with Crippen molar-refractivity contribution in [3.05, 3.63) is 33.0 Å². The lowest BCUT2D eigenvalue weighted by Crippen LogP contribution is -2.07. The molecule has 0 atom stereocenters. The molecular formula is C8H8BrClFN. The van der Waals surface area contributed by atoms with E-state index in [0.717, 1.165) is 0 Å². The predicted octanol–water partition coefficient (Wildman–Crippen LogP) is 2.96. The molecule has 0 radical (unpaired) electrons. The minimum atomic E-state index is -0.361. The molecule has 0 saturated carbocycles. The van der Waals surface area contributed by atoms with Crippen molar-refractivity contribution in [2.45, 2.75) is 6.54 Å². The van der Waals surface area contributed by atoms with Crippen molar-refractivity contribution in [3.8, 4) is 0 Å². The van der Waals surface area contributed by atoms with Gasteiger partial charge >= 0.3 is 0 Å². The zero-order chi connectivity index (χ0) is 9.14. The van der Waals surface area contributed by atoms with Crippen molar-refractivity contribution in [2.24, 2.45) is 0 Å². The molecule has 0 spiro atoms. The Kier molecular flexibility index (Phi) is 3.50. The molecule has 0 bridgehead atoms. The average molecular weight is 253 g/mol. The van der Waals surface area contributed by atoms with Crippen molar-refractivity contribution in [1.82, 2.24) is 5.32 Å². The summed E-state index contributed by atoms with van der Waals surface area (Å²) in [7, 11) is 1.76. The van der Waals surface area contributed by atoms with Crippen LogP contribution in [0, 0.1) is 5.82 Å². The molecule has 0 unspecified atom stereocenters. The largest absolute Gasteiger partial charge is 0.316 e. The number of hydrogen-bond donors (Lipinski definition) is 1. The summed E-state index contributed by atoms with van der Waals surface area (Å²) < 4.78 is 13.8. The molecule has 1 aromatic rings. The van der Waals surface area contributed by atoms with E-state index in [2.05, 4.69) is 21.2 Å². The molecule has 0 aliphatic carbocycles. The Labute approximate surface area is 84.0 Å². The van der Waals surface area contributed by atoms with Crippen LogP contribution in [0.3, 0.4) is 0 Å². The lowest BCUT2D eigenvalue weighted by Gasteiger charge is -2.04. The Bertz CT molecular complexity index is 291. The van der Waals surface area contributed by atoms with Gasteiger partial charge in [-0.3, -0.25) is 0 Å². The van der Waals surface area contributed by atoms with Gasteiger partial charge in [-0.05, 0) is 29.0 Å². The second-order valence-corrected chi connectivity index (χ2v) is 3.60. The van der Waals surface area contributed by atoms with Crippen LogP contribution in [-0.2, 0) is 6.54 Å². The lowest BCUT2D eigenvalue weighted by molar-refractivity contribution is 0.600. The van der Waals surface area contributed by atoms with E-state index in [1.807, 2.05) is 0 Å². The van der Waals surface area contributed by atoms with Gasteiger partial charge in [0.25, 0.3) is 0 Å². The van der Waals surface area contributed by atoms with Crippen LogP contribution in [0.5, 0.6) is 0 Å². The summed E-state index contributed by atoms with van der Waals surface area (Å²) in [6.07, 6.45) is 0. The first-order valence-electron chi connectivity index (χ1n) is 3.43. The van der Waals surface area contributed by atoms with Crippen LogP contribution in [-0.4, -0.2) is 7.05 Å². The smallest absolute Gasteiger partial charge is 0.147 e. The number of halogens is 3. The Balaban J connectivity index is 3.08. The van der Waals surface area contributed by atoms with Gasteiger partial charge < -0.3 is 5.32 Å². The molecule has 12 heavy (non-hydrogen) atoms. The molecule has 1 aromatic carbocycles. The van der Waals surface area contributed by atoms with Crippen LogP contribution in [0.2, 0.25) is 5.02 Å². The standard InChI is InChI=1S/C8H8BrClFN/c1-12-4-5-2-3-6(9)7(10)8(5)11/h2-3,12H,4H2,1H3. The number of hydrogen-bond acceptors (Lipinski definition) is 1. The third kappa shape index (κ3) is 1.97. The molecule has 0 aromatic heterocycles. The molecule has 0 aliphatic heterocycles. The summed E-state index contributed by atoms with van der Waals surface area (Å²) in [5, 5.41) is 3.00. The molecule has 4 heteroatoms. The Morgan fingerprint density at radius 3 is 2.83 bits per heavy atom. The van der Waals surface area contributed by atoms with E-state index in [0.29, 0.717) is 16.6 Å². The van der Waals surface area contributed by atoms with Gasteiger partial charge in [-0.1, -0.05) is 17.7 Å². The van der Waals surface area contributed by atoms with Crippen LogP contribution >= 0.6 is 27.5 Å². The highest BCUT2D eigenvalue weighted by Gasteiger charge is 2.08. The maximum Gasteiger partial charge on any atom is 0.147 e. The van der Waals surface area contributed by atoms with Crippen LogP contribution < -0.4 is 5.32 Å². The van der Waals surface area contributed by atoms with Crippen molar-refractivity contribution in [2.75, 3.05) is 7.05 Å². The maximum atomic E-state index is 13.2. The highest BCUT2D eigenvalue weighted by molar-refractivity contribution is 9.10. The van der Waals surface area contributed by atoms with E-state index in [4.69, 9.17) is 11.6 Å². The summed E-state index contributed by atoms with van der Waals surface area (Å²) in [5.74, 6) is -0.361. The quantitative estimate of drug-likeness (QED) is 0.798. The van der Waals surface area contributed by atoms with Gasteiger partial charge in [0.15, 0.2) is 0 Å². The summed E-state index contributed by atoms with van der Waals surface area (Å²) in [6, 6.07) is 3.43. The maximum absolute atomic E-state index is 13.2. The first-order chi connectivity index (χ1) is 5.66. The zero-order valence-corrected chi connectivity index (χ0v) is 8.84. The van der Waals surface area contributed by atoms with E-state index >= 15 is 0 Å². The third-order valence-corrected chi connectivity index (χ3v) is 2.74. The summed E-state index contributed by atoms with van der Waals surface area (Å²) in [6.45, 7) is 0.485. The Morgan fingerprint density at radius 1 is 1.58 bits per heavy atom. The number of rotatable bonds is 2. The Morgan fingerprint density at radius 2 is 2.25 bits per heavy atom. The second-order valence-electron chi connectivity index (χ2n) is 2.36. The van der Waals surface area contributed by atoms with Crippen LogP contribution in [0.4, 0.5) is 4.39 Å². The number of benzene rings is 1. The molecule has 1 N–H and O–H groups in total. The zero-order valence-electron chi connectivity index (χ0n) is 6.50. The minimum Gasteiger partial charge on any atom is -0.316 e. The van der Waals surface area contributed by atoms with E-state index in [-0.39, 0.29) is 10.8 Å². The van der Waals surface area contributed by atoms with Crippen LogP contribution in [0.1, 0.15) is 5.56 Å². The SMILES string of the molecule is CNCc1ccc(Br)c(Cl)c1F. The fourth-order valence-electron chi connectivity index (χ4n) is 0.893. The second kappa shape index (κ2) is 4.21. The summed E-state index contributed by atoms with van der Waals surface area (Å²) in [5.41, 5.74) is 0.575. The van der Waals surface area contributed by atoms with E-state index in [9.17, 15) is 4.39 Å². The summed E-state index contributed by atoms with van der Waals surface area (Å²) in [4.78, 5) is 0. The van der Waals surface area contributed by atoms with Gasteiger partial charge in [0.2, 0.25) is 0 Å². The average Bonchev–Trinajstić information content (AvgIpc) is 2.07. The first-order valence-corrected chi connectivity index (χ1v) is 4.61. The monoisotopic (exact) mass is 251 g/mol. The first kappa shape index (κ1) is 9.96. The predicted molar refractivity (Wildman–Crippen MR) is 51.9 cm³/mol. The number of nitrogens with one attached hydrogen (secondary N) is 1. The molecule has 0 aliphatic rings. The molecule has 66 valence electrons. The molecule has 0 saturated heterocycles. The fraction of sp³-hybridized carbons (Fsp3) is 0.250. The molecule has 1 nitrogen and oxygen atoms in total. The van der Waals surface area contributed by atoms with Crippen LogP contribution in [0.25, 0.3) is 0 Å². The molecule has 1 rings (SSSR count). The van der Waals surface area contributed by atoms with E-state index < -0.39 is 0 Å². The molecule has 0 amide bonds. The van der Waals surface area contributed by atoms with Gasteiger partial charge in [-0.2, -0.15) is 0 Å². The van der Waals surface area contributed by atoms with E-state index in [1.54, 1.807) is 19.2 Å². The highest BCUT2D eigenvalue weighted by Crippen LogP contribution is 2.27. The summed E-state index contributed by atoms with van der Waals surface area (Å²) >= 11 is 8.81.